The second-order valence-electron chi connectivity index (χ2n) is 4.80. The van der Waals surface area contributed by atoms with Crippen LogP contribution in [0.25, 0.3) is 0 Å². The van der Waals surface area contributed by atoms with Crippen molar-refractivity contribution in [2.45, 2.75) is 39.0 Å². The molecule has 0 saturated carbocycles. The van der Waals surface area contributed by atoms with Crippen molar-refractivity contribution in [2.24, 2.45) is 5.92 Å². The van der Waals surface area contributed by atoms with Crippen LogP contribution in [0.2, 0.25) is 0 Å². The van der Waals surface area contributed by atoms with Crippen LogP contribution in [0, 0.1) is 5.92 Å². The summed E-state index contributed by atoms with van der Waals surface area (Å²) in [5, 5.41) is 2.13. The first-order chi connectivity index (χ1) is 9.98. The van der Waals surface area contributed by atoms with Gasteiger partial charge in [0.15, 0.2) is 0 Å². The first kappa shape index (κ1) is 18.3. The average Bonchev–Trinajstić information content (AvgIpc) is 2.37. The van der Waals surface area contributed by atoms with Crippen molar-refractivity contribution in [3.8, 4) is 0 Å². The predicted octanol–water partition coefficient (Wildman–Crippen LogP) is 5.10. The van der Waals surface area contributed by atoms with E-state index in [0.717, 1.165) is 0 Å². The van der Waals surface area contributed by atoms with Gasteiger partial charge in [0, 0.05) is 11.6 Å². The Morgan fingerprint density at radius 2 is 1.36 bits per heavy atom. The van der Waals surface area contributed by atoms with E-state index in [2.05, 4.69) is 5.32 Å². The Morgan fingerprint density at radius 3 is 1.68 bits per heavy atom. The number of hydrogen-bond donors (Lipinski definition) is 1. The van der Waals surface area contributed by atoms with E-state index in [9.17, 15) is 31.1 Å². The Hall–Kier alpha value is -1.73. The lowest BCUT2D eigenvalue weighted by Crippen LogP contribution is -2.22. The summed E-state index contributed by atoms with van der Waals surface area (Å²) < 4.78 is 76.1. The highest BCUT2D eigenvalue weighted by atomic mass is 19.4. The molecular formula is C14H15F6NO. The van der Waals surface area contributed by atoms with Crippen molar-refractivity contribution >= 4 is 11.6 Å². The molecule has 0 aliphatic rings. The van der Waals surface area contributed by atoms with Crippen LogP contribution in [0.15, 0.2) is 18.2 Å². The molecule has 0 atom stereocenters. The van der Waals surface area contributed by atoms with Crippen molar-refractivity contribution in [3.05, 3.63) is 29.3 Å². The van der Waals surface area contributed by atoms with Crippen LogP contribution >= 0.6 is 0 Å². The number of amides is 1. The Balaban J connectivity index is 3.22. The zero-order valence-corrected chi connectivity index (χ0v) is 11.9. The van der Waals surface area contributed by atoms with Gasteiger partial charge in [0.1, 0.15) is 0 Å². The fraction of sp³-hybridized carbons (Fsp3) is 0.500. The van der Waals surface area contributed by atoms with Crippen LogP contribution < -0.4 is 5.32 Å². The summed E-state index contributed by atoms with van der Waals surface area (Å²) in [4.78, 5) is 11.8. The van der Waals surface area contributed by atoms with Gasteiger partial charge >= 0.3 is 12.4 Å². The smallest absolute Gasteiger partial charge is 0.326 e. The molecule has 0 aliphatic carbocycles. The minimum atomic E-state index is -4.93. The molecule has 1 N–H and O–H groups in total. The Labute approximate surface area is 123 Å². The molecule has 8 heteroatoms. The summed E-state index contributed by atoms with van der Waals surface area (Å²) in [6.07, 6.45) is -8.99. The van der Waals surface area contributed by atoms with E-state index in [-0.39, 0.29) is 6.07 Å². The van der Waals surface area contributed by atoms with Gasteiger partial charge in [-0.3, -0.25) is 4.79 Å². The summed E-state index contributed by atoms with van der Waals surface area (Å²) >= 11 is 0. The summed E-state index contributed by atoms with van der Waals surface area (Å²) in [5.74, 6) is -1.07. The molecule has 0 fully saturated rings. The third kappa shape index (κ3) is 4.64. The largest absolute Gasteiger partial charge is 0.416 e. The normalized spacial score (nSPS) is 12.6. The molecule has 124 valence electrons. The molecule has 0 spiro atoms. The van der Waals surface area contributed by atoms with E-state index in [1.165, 1.54) is 0 Å². The van der Waals surface area contributed by atoms with Crippen LogP contribution in [0.5, 0.6) is 0 Å². The quantitative estimate of drug-likeness (QED) is 0.766. The molecule has 0 unspecified atom stereocenters. The van der Waals surface area contributed by atoms with E-state index in [4.69, 9.17) is 0 Å². The minimum Gasteiger partial charge on any atom is -0.326 e. The topological polar surface area (TPSA) is 29.1 Å². The maximum absolute atomic E-state index is 12.7. The lowest BCUT2D eigenvalue weighted by Gasteiger charge is -2.17. The molecule has 1 aromatic rings. The molecular weight excluding hydrogens is 312 g/mol. The van der Waals surface area contributed by atoms with Crippen LogP contribution in [-0.4, -0.2) is 5.91 Å². The second-order valence-corrected chi connectivity index (χ2v) is 4.80. The van der Waals surface area contributed by atoms with E-state index in [1.807, 2.05) is 0 Å². The third-order valence-electron chi connectivity index (χ3n) is 3.21. The molecule has 1 amide bonds. The van der Waals surface area contributed by atoms with Gasteiger partial charge in [-0.05, 0) is 31.0 Å². The van der Waals surface area contributed by atoms with Crippen LogP contribution in [0.4, 0.5) is 32.0 Å². The van der Waals surface area contributed by atoms with Gasteiger partial charge in [0.25, 0.3) is 0 Å². The lowest BCUT2D eigenvalue weighted by atomic mass is 10.0. The van der Waals surface area contributed by atoms with E-state index >= 15 is 0 Å². The van der Waals surface area contributed by atoms with Gasteiger partial charge < -0.3 is 5.32 Å². The highest BCUT2D eigenvalue weighted by Gasteiger charge is 2.37. The van der Waals surface area contributed by atoms with Gasteiger partial charge in [-0.1, -0.05) is 13.8 Å². The third-order valence-corrected chi connectivity index (χ3v) is 3.21. The number of benzene rings is 1. The number of nitrogens with one attached hydrogen (secondary N) is 1. The highest BCUT2D eigenvalue weighted by molar-refractivity contribution is 5.92. The molecule has 0 bridgehead atoms. The van der Waals surface area contributed by atoms with Crippen molar-refractivity contribution in [2.75, 3.05) is 5.32 Å². The summed E-state index contributed by atoms with van der Waals surface area (Å²) in [6.45, 7) is 3.42. The molecule has 2 nitrogen and oxygen atoms in total. The summed E-state index contributed by atoms with van der Waals surface area (Å²) in [6, 6.07) is 1.01. The summed E-state index contributed by atoms with van der Waals surface area (Å²) in [7, 11) is 0. The maximum Gasteiger partial charge on any atom is 0.416 e. The van der Waals surface area contributed by atoms with Gasteiger partial charge in [-0.25, -0.2) is 0 Å². The fourth-order valence-corrected chi connectivity index (χ4v) is 1.93. The Morgan fingerprint density at radius 1 is 0.955 bits per heavy atom. The van der Waals surface area contributed by atoms with Crippen molar-refractivity contribution in [3.63, 3.8) is 0 Å². The molecule has 0 heterocycles. The number of halogens is 6. The number of hydrogen-bond acceptors (Lipinski definition) is 1. The molecule has 22 heavy (non-hydrogen) atoms. The minimum absolute atomic E-state index is 0.0206. The van der Waals surface area contributed by atoms with Gasteiger partial charge in [0.2, 0.25) is 5.91 Å². The van der Waals surface area contributed by atoms with E-state index < -0.39 is 41.0 Å². The van der Waals surface area contributed by atoms with Gasteiger partial charge in [-0.15, -0.1) is 0 Å². The van der Waals surface area contributed by atoms with Crippen molar-refractivity contribution < 1.29 is 31.1 Å². The number of anilines is 1. The van der Waals surface area contributed by atoms with Crippen LogP contribution in [0.1, 0.15) is 37.8 Å². The van der Waals surface area contributed by atoms with Crippen molar-refractivity contribution in [1.82, 2.24) is 0 Å². The highest BCUT2D eigenvalue weighted by Crippen LogP contribution is 2.37. The number of carbonyl (C=O) groups excluding carboxylic acids is 1. The average molecular weight is 327 g/mol. The number of rotatable bonds is 4. The fourth-order valence-electron chi connectivity index (χ4n) is 1.93. The number of carbonyl (C=O) groups is 1. The van der Waals surface area contributed by atoms with E-state index in [1.54, 1.807) is 13.8 Å². The summed E-state index contributed by atoms with van der Waals surface area (Å²) in [5.41, 5.74) is -3.43. The van der Waals surface area contributed by atoms with E-state index in [0.29, 0.717) is 25.0 Å². The first-order valence-electron chi connectivity index (χ1n) is 6.59. The Bertz CT molecular complexity index is 499. The Kier molecular flexibility index (Phi) is 5.48. The van der Waals surface area contributed by atoms with Crippen LogP contribution in [-0.2, 0) is 17.1 Å². The number of alkyl halides is 6. The van der Waals surface area contributed by atoms with Gasteiger partial charge in [-0.2, -0.15) is 26.3 Å². The zero-order valence-electron chi connectivity index (χ0n) is 11.9. The van der Waals surface area contributed by atoms with Gasteiger partial charge in [0.05, 0.1) is 11.1 Å². The molecule has 0 aliphatic heterocycles. The van der Waals surface area contributed by atoms with Crippen LogP contribution in [0.3, 0.4) is 0 Å². The monoisotopic (exact) mass is 327 g/mol. The predicted molar refractivity (Wildman–Crippen MR) is 69.1 cm³/mol. The molecule has 0 aromatic heterocycles. The molecule has 0 radical (unpaired) electrons. The SMILES string of the molecule is CCC(CC)C(=O)Nc1cc(C(F)(F)F)cc(C(F)(F)F)c1. The first-order valence-corrected chi connectivity index (χ1v) is 6.59. The van der Waals surface area contributed by atoms with Crippen molar-refractivity contribution in [1.29, 1.82) is 0 Å². The standard InChI is InChI=1S/C14H15F6NO/c1-3-8(4-2)12(22)21-11-6-9(13(15,16)17)5-10(7-11)14(18,19)20/h5-8H,3-4H2,1-2H3,(H,21,22). The molecule has 1 rings (SSSR count). The lowest BCUT2D eigenvalue weighted by molar-refractivity contribution is -0.143. The zero-order chi connectivity index (χ0) is 17.1. The molecule has 1 aromatic carbocycles. The second kappa shape index (κ2) is 6.58. The molecule has 0 saturated heterocycles. The maximum atomic E-state index is 12.7.